The Bertz CT molecular complexity index is 375. The summed E-state index contributed by atoms with van der Waals surface area (Å²) in [6, 6.07) is 0. The second kappa shape index (κ2) is 5.46. The van der Waals surface area contributed by atoms with Gasteiger partial charge in [-0.05, 0) is 26.8 Å². The van der Waals surface area contributed by atoms with E-state index < -0.39 is 23.2 Å². The van der Waals surface area contributed by atoms with E-state index in [1.54, 1.807) is 32.9 Å². The molecule has 1 atom stereocenters. The van der Waals surface area contributed by atoms with Gasteiger partial charge in [-0.15, -0.1) is 0 Å². The molecule has 6 heteroatoms. The summed E-state index contributed by atoms with van der Waals surface area (Å²) in [7, 11) is 1.32. The molecule has 1 heterocycles. The van der Waals surface area contributed by atoms with Crippen LogP contribution in [0, 0.1) is 0 Å². The topological polar surface area (TPSA) is 55.8 Å². The number of ether oxygens (including phenoxy) is 2. The van der Waals surface area contributed by atoms with E-state index in [9.17, 15) is 9.59 Å². The molecule has 0 aromatic carbocycles. The average molecular weight is 367 g/mol. The van der Waals surface area contributed by atoms with E-state index in [1.165, 1.54) is 12.0 Å². The molecule has 0 aromatic rings. The molecule has 18 heavy (non-hydrogen) atoms. The van der Waals surface area contributed by atoms with Gasteiger partial charge in [0.05, 0.1) is 7.11 Å². The Morgan fingerprint density at radius 2 is 2.06 bits per heavy atom. The zero-order chi connectivity index (χ0) is 14.0. The molecule has 0 saturated carbocycles. The standard InChI is InChI=1S/C12H18INO4/c1-11(2,3)18-10(16)14-7-5-6-12(14,8-13)9(15)17-4/h5-6H,7-8H2,1-4H3. The second-order valence-corrected chi connectivity index (χ2v) is 5.81. The lowest BCUT2D eigenvalue weighted by Crippen LogP contribution is -2.56. The molecule has 1 unspecified atom stereocenters. The monoisotopic (exact) mass is 367 g/mol. The Hall–Kier alpha value is -0.790. The van der Waals surface area contributed by atoms with Crippen molar-refractivity contribution in [2.75, 3.05) is 18.1 Å². The molecular weight excluding hydrogens is 349 g/mol. The van der Waals surface area contributed by atoms with E-state index in [0.717, 1.165) is 0 Å². The van der Waals surface area contributed by atoms with E-state index in [-0.39, 0.29) is 0 Å². The highest BCUT2D eigenvalue weighted by atomic mass is 127. The maximum Gasteiger partial charge on any atom is 0.411 e. The van der Waals surface area contributed by atoms with Crippen molar-refractivity contribution < 1.29 is 19.1 Å². The first-order valence-corrected chi connectivity index (χ1v) is 7.12. The van der Waals surface area contributed by atoms with Crippen LogP contribution in [0.25, 0.3) is 0 Å². The number of alkyl halides is 1. The van der Waals surface area contributed by atoms with Crippen LogP contribution in [0.2, 0.25) is 0 Å². The number of methoxy groups -OCH3 is 1. The molecule has 0 saturated heterocycles. The van der Waals surface area contributed by atoms with Crippen molar-refractivity contribution >= 4 is 34.7 Å². The van der Waals surface area contributed by atoms with Crippen molar-refractivity contribution in [1.82, 2.24) is 4.90 Å². The first-order valence-electron chi connectivity index (χ1n) is 5.59. The van der Waals surface area contributed by atoms with Gasteiger partial charge in [0, 0.05) is 11.0 Å². The van der Waals surface area contributed by atoms with Crippen LogP contribution in [0.5, 0.6) is 0 Å². The van der Waals surface area contributed by atoms with E-state index in [0.29, 0.717) is 11.0 Å². The maximum absolute atomic E-state index is 12.1. The molecule has 5 nitrogen and oxygen atoms in total. The van der Waals surface area contributed by atoms with E-state index in [2.05, 4.69) is 22.6 Å². The predicted molar refractivity (Wildman–Crippen MR) is 75.7 cm³/mol. The molecule has 1 amide bonds. The molecule has 1 aliphatic heterocycles. The van der Waals surface area contributed by atoms with Crippen molar-refractivity contribution in [2.45, 2.75) is 31.9 Å². The Kier molecular flexibility index (Phi) is 4.63. The van der Waals surface area contributed by atoms with Gasteiger partial charge in [-0.25, -0.2) is 9.59 Å². The second-order valence-electron chi connectivity index (χ2n) is 5.04. The minimum Gasteiger partial charge on any atom is -0.467 e. The zero-order valence-corrected chi connectivity index (χ0v) is 13.2. The highest BCUT2D eigenvalue weighted by Gasteiger charge is 2.48. The molecular formula is C12H18INO4. The molecule has 1 aliphatic rings. The third kappa shape index (κ3) is 2.96. The highest BCUT2D eigenvalue weighted by molar-refractivity contribution is 14.1. The Labute approximate surface area is 121 Å². The third-order valence-electron chi connectivity index (χ3n) is 2.52. The van der Waals surface area contributed by atoms with Gasteiger partial charge < -0.3 is 9.47 Å². The first-order chi connectivity index (χ1) is 8.27. The number of carbonyl (C=O) groups is 2. The number of nitrogens with zero attached hydrogens (tertiary/aromatic N) is 1. The van der Waals surface area contributed by atoms with Crippen molar-refractivity contribution in [3.05, 3.63) is 12.2 Å². The van der Waals surface area contributed by atoms with Crippen LogP contribution in [0.3, 0.4) is 0 Å². The fourth-order valence-electron chi connectivity index (χ4n) is 1.69. The fraction of sp³-hybridized carbons (Fsp3) is 0.667. The molecule has 0 bridgehead atoms. The first kappa shape index (κ1) is 15.3. The summed E-state index contributed by atoms with van der Waals surface area (Å²) >= 11 is 2.07. The van der Waals surface area contributed by atoms with E-state index >= 15 is 0 Å². The number of carbonyl (C=O) groups excluding carboxylic acids is 2. The van der Waals surface area contributed by atoms with Gasteiger partial charge in [0.1, 0.15) is 5.60 Å². The normalized spacial score (nSPS) is 23.1. The van der Waals surface area contributed by atoms with Crippen LogP contribution < -0.4 is 0 Å². The summed E-state index contributed by atoms with van der Waals surface area (Å²) in [4.78, 5) is 25.4. The molecule has 1 rings (SSSR count). The summed E-state index contributed by atoms with van der Waals surface area (Å²) in [6.45, 7) is 5.72. The molecule has 0 radical (unpaired) electrons. The predicted octanol–water partition coefficient (Wildman–Crippen LogP) is 2.14. The summed E-state index contributed by atoms with van der Waals surface area (Å²) in [5, 5.41) is 0. The van der Waals surface area contributed by atoms with Crippen LogP contribution in [0.15, 0.2) is 12.2 Å². The van der Waals surface area contributed by atoms with Gasteiger partial charge in [-0.1, -0.05) is 28.7 Å². The Morgan fingerprint density at radius 3 is 2.50 bits per heavy atom. The molecule has 0 N–H and O–H groups in total. The molecule has 0 spiro atoms. The van der Waals surface area contributed by atoms with Crippen molar-refractivity contribution in [1.29, 1.82) is 0 Å². The average Bonchev–Trinajstić information content (AvgIpc) is 2.70. The summed E-state index contributed by atoms with van der Waals surface area (Å²) in [5.41, 5.74) is -1.63. The number of halogens is 1. The molecule has 0 aliphatic carbocycles. The summed E-state index contributed by atoms with van der Waals surface area (Å²) < 4.78 is 10.5. The van der Waals surface area contributed by atoms with Gasteiger partial charge in [0.15, 0.2) is 5.54 Å². The van der Waals surface area contributed by atoms with Crippen LogP contribution in [-0.4, -0.2) is 46.2 Å². The number of hydrogen-bond donors (Lipinski definition) is 0. The van der Waals surface area contributed by atoms with Gasteiger partial charge in [0.25, 0.3) is 0 Å². The van der Waals surface area contributed by atoms with Gasteiger partial charge >= 0.3 is 12.1 Å². The molecule has 0 aromatic heterocycles. The minimum atomic E-state index is -1.04. The lowest BCUT2D eigenvalue weighted by Gasteiger charge is -2.35. The molecule has 102 valence electrons. The van der Waals surface area contributed by atoms with Crippen LogP contribution in [0.1, 0.15) is 20.8 Å². The zero-order valence-electron chi connectivity index (χ0n) is 11.0. The van der Waals surface area contributed by atoms with Crippen LogP contribution in [-0.2, 0) is 14.3 Å². The summed E-state index contributed by atoms with van der Waals surface area (Å²) in [5.74, 6) is -0.448. The van der Waals surface area contributed by atoms with Gasteiger partial charge in [-0.3, -0.25) is 4.90 Å². The number of hydrogen-bond acceptors (Lipinski definition) is 4. The van der Waals surface area contributed by atoms with E-state index in [4.69, 9.17) is 9.47 Å². The lowest BCUT2D eigenvalue weighted by molar-refractivity contribution is -0.149. The van der Waals surface area contributed by atoms with E-state index in [1.807, 2.05) is 0 Å². The minimum absolute atomic E-state index is 0.354. The number of esters is 1. The smallest absolute Gasteiger partial charge is 0.411 e. The number of amides is 1. The third-order valence-corrected chi connectivity index (χ3v) is 3.68. The summed E-state index contributed by atoms with van der Waals surface area (Å²) in [6.07, 6.45) is 2.98. The Balaban J connectivity index is 2.95. The quantitative estimate of drug-likeness (QED) is 0.325. The van der Waals surface area contributed by atoms with Crippen molar-refractivity contribution in [3.63, 3.8) is 0 Å². The fourth-order valence-corrected chi connectivity index (χ4v) is 2.66. The van der Waals surface area contributed by atoms with Crippen molar-refractivity contribution in [3.8, 4) is 0 Å². The van der Waals surface area contributed by atoms with Crippen LogP contribution >= 0.6 is 22.6 Å². The largest absolute Gasteiger partial charge is 0.467 e. The molecule has 0 fully saturated rings. The lowest BCUT2D eigenvalue weighted by atomic mass is 10.0. The van der Waals surface area contributed by atoms with Crippen LogP contribution in [0.4, 0.5) is 4.79 Å². The SMILES string of the molecule is COC(=O)C1(CI)C=CCN1C(=O)OC(C)(C)C. The number of rotatable bonds is 2. The highest BCUT2D eigenvalue weighted by Crippen LogP contribution is 2.29. The maximum atomic E-state index is 12.1. The Morgan fingerprint density at radius 1 is 1.44 bits per heavy atom. The van der Waals surface area contributed by atoms with Gasteiger partial charge in [0.2, 0.25) is 0 Å². The van der Waals surface area contributed by atoms with Crippen molar-refractivity contribution in [2.24, 2.45) is 0 Å². The van der Waals surface area contributed by atoms with Gasteiger partial charge in [-0.2, -0.15) is 0 Å².